The molecule has 3 aliphatic heterocycles. The third-order valence-electron chi connectivity index (χ3n) is 11.1. The first-order valence-electron chi connectivity index (χ1n) is 20.4. The van der Waals surface area contributed by atoms with E-state index in [2.05, 4.69) is 0 Å². The monoisotopic (exact) mass is 949 g/mol. The minimum absolute atomic E-state index is 0.0106. The van der Waals surface area contributed by atoms with E-state index in [4.69, 9.17) is 47.0 Å². The summed E-state index contributed by atoms with van der Waals surface area (Å²) < 4.78 is 57.1. The summed E-state index contributed by atoms with van der Waals surface area (Å²) >= 11 is 0. The summed E-state index contributed by atoms with van der Waals surface area (Å²) in [5.74, 6) is -3.94. The van der Waals surface area contributed by atoms with Gasteiger partial charge in [0.05, 0.1) is 45.7 Å². The van der Waals surface area contributed by atoms with Crippen molar-refractivity contribution in [3.05, 3.63) is 60.2 Å². The molecule has 24 nitrogen and oxygen atoms in total. The van der Waals surface area contributed by atoms with Gasteiger partial charge in [-0.05, 0) is 35.9 Å². The van der Waals surface area contributed by atoms with E-state index in [1.165, 1.54) is 44.6 Å². The topological polar surface area (TPSA) is 374 Å². The Hall–Kier alpha value is -5.84. The van der Waals surface area contributed by atoms with Gasteiger partial charge in [-0.15, -0.1) is 0 Å². The molecule has 3 fully saturated rings. The average Bonchev–Trinajstić information content (AvgIpc) is 3.31. The van der Waals surface area contributed by atoms with Gasteiger partial charge in [0.15, 0.2) is 41.5 Å². The first-order chi connectivity index (χ1) is 32.0. The fraction of sp³-hybridized carbons (Fsp3) is 0.442. The van der Waals surface area contributed by atoms with E-state index in [9.17, 15) is 71.2 Å². The number of hydrogen-bond acceptors (Lipinski definition) is 23. The van der Waals surface area contributed by atoms with Crippen LogP contribution in [0.2, 0.25) is 0 Å². The molecule has 3 aliphatic rings. The molecule has 4 heterocycles. The van der Waals surface area contributed by atoms with E-state index in [0.29, 0.717) is 5.56 Å². The highest BCUT2D eigenvalue weighted by Gasteiger charge is 2.52. The molecular formula is C43H49O24+. The molecule has 3 aromatic carbocycles. The number of methoxy groups -OCH3 is 2. The third-order valence-corrected chi connectivity index (χ3v) is 11.1. The second kappa shape index (κ2) is 20.6. The molecule has 1 aromatic heterocycles. The van der Waals surface area contributed by atoms with Crippen LogP contribution in [0.1, 0.15) is 5.56 Å². The van der Waals surface area contributed by atoms with Crippen molar-refractivity contribution in [3.8, 4) is 57.3 Å². The van der Waals surface area contributed by atoms with Crippen molar-refractivity contribution in [1.29, 1.82) is 0 Å². The van der Waals surface area contributed by atoms with Crippen LogP contribution in [0, 0.1) is 0 Å². The lowest BCUT2D eigenvalue weighted by Crippen LogP contribution is -2.64. The summed E-state index contributed by atoms with van der Waals surface area (Å²) in [5.41, 5.74) is 0.149. The largest absolute Gasteiger partial charge is 0.507 e. The lowest BCUT2D eigenvalue weighted by molar-refractivity contribution is -0.345. The van der Waals surface area contributed by atoms with Crippen molar-refractivity contribution in [1.82, 2.24) is 0 Å². The van der Waals surface area contributed by atoms with E-state index in [-0.39, 0.29) is 51.0 Å². The number of aliphatic hydroxyl groups excluding tert-OH is 9. The predicted octanol–water partition coefficient (Wildman–Crippen LogP) is -1.69. The molecule has 67 heavy (non-hydrogen) atoms. The van der Waals surface area contributed by atoms with E-state index in [1.54, 1.807) is 0 Å². The predicted molar refractivity (Wildman–Crippen MR) is 221 cm³/mol. The molecule has 0 aliphatic carbocycles. The van der Waals surface area contributed by atoms with Crippen LogP contribution in [0.3, 0.4) is 0 Å². The molecule has 24 heteroatoms. The zero-order valence-corrected chi connectivity index (χ0v) is 35.3. The van der Waals surface area contributed by atoms with Crippen LogP contribution in [0.4, 0.5) is 0 Å². The number of phenolic OH excluding ortho intramolecular Hbond substituents is 4. The summed E-state index contributed by atoms with van der Waals surface area (Å²) in [4.78, 5) is 13.2. The highest BCUT2D eigenvalue weighted by atomic mass is 16.8. The summed E-state index contributed by atoms with van der Waals surface area (Å²) in [6, 6.07) is 9.61. The molecule has 364 valence electrons. The molecule has 5 unspecified atom stereocenters. The van der Waals surface area contributed by atoms with Crippen molar-refractivity contribution in [2.75, 3.05) is 34.0 Å². The standard InChI is InChI=1S/C43H48O24/c1-58-25-7-16(8-26(59-2)32(25)52)3-6-30(50)66-39-31(51)22(49)15-60-42(39)67-40-36(56)34(54)29(14-45)65-43(40)63-27-12-19-23(61-38(27)17-4-5-20(47)21(48)9-17)10-18(46)11-24(19)62-41-37(57)35(55)33(53)28(13-44)64-41/h3-12,22,28-29,31,33-37,39-45,49,51,53-57H,13-15H2,1-2H3,(H3-,46,47,48,50,52)/p+1/t22-,28?,29?,31?,33-,34-,35+,36+,37?,39-,40?,41-,42+,43-/m1/s1. The van der Waals surface area contributed by atoms with Crippen molar-refractivity contribution in [3.63, 3.8) is 0 Å². The average molecular weight is 950 g/mol. The molecule has 3 saturated heterocycles. The van der Waals surface area contributed by atoms with Gasteiger partial charge >= 0.3 is 17.3 Å². The van der Waals surface area contributed by atoms with Gasteiger partial charge in [-0.2, -0.15) is 0 Å². The van der Waals surface area contributed by atoms with Crippen molar-refractivity contribution < 1.29 is 118 Å². The Morgan fingerprint density at radius 1 is 0.687 bits per heavy atom. The molecule has 0 radical (unpaired) electrons. The number of ether oxygens (including phenoxy) is 9. The second-order valence-corrected chi connectivity index (χ2v) is 15.5. The normalized spacial score (nSPS) is 31.1. The number of hydrogen-bond donors (Lipinski definition) is 13. The lowest BCUT2D eigenvalue weighted by atomic mass is 9.98. The Labute approximate surface area is 378 Å². The number of rotatable bonds is 14. The van der Waals surface area contributed by atoms with Crippen molar-refractivity contribution in [2.24, 2.45) is 0 Å². The Morgan fingerprint density at radius 3 is 1.97 bits per heavy atom. The van der Waals surface area contributed by atoms with Crippen molar-refractivity contribution >= 4 is 23.0 Å². The molecule has 0 amide bonds. The van der Waals surface area contributed by atoms with Gasteiger partial charge in [-0.1, -0.05) is 0 Å². The van der Waals surface area contributed by atoms with E-state index >= 15 is 0 Å². The Kier molecular flexibility index (Phi) is 15.1. The Morgan fingerprint density at radius 2 is 1.33 bits per heavy atom. The lowest BCUT2D eigenvalue weighted by Gasteiger charge is -2.44. The minimum atomic E-state index is -2.01. The maximum atomic E-state index is 13.2. The second-order valence-electron chi connectivity index (χ2n) is 15.5. The number of carbonyl (C=O) groups is 1. The first-order valence-corrected chi connectivity index (χ1v) is 20.4. The molecule has 7 rings (SSSR count). The van der Waals surface area contributed by atoms with Gasteiger partial charge in [-0.25, -0.2) is 9.21 Å². The van der Waals surface area contributed by atoms with E-state index in [0.717, 1.165) is 30.3 Å². The molecular weight excluding hydrogens is 900 g/mol. The van der Waals surface area contributed by atoms with Crippen LogP contribution in [0.15, 0.2) is 59.0 Å². The maximum absolute atomic E-state index is 13.2. The summed E-state index contributed by atoms with van der Waals surface area (Å²) in [5, 5.41) is 137. The van der Waals surface area contributed by atoms with E-state index in [1.807, 2.05) is 0 Å². The van der Waals surface area contributed by atoms with Crippen LogP contribution in [-0.4, -0.2) is 192 Å². The van der Waals surface area contributed by atoms with Gasteiger partial charge < -0.3 is 109 Å². The van der Waals surface area contributed by atoms with Crippen LogP contribution in [-0.2, 0) is 28.5 Å². The molecule has 13 N–H and O–H groups in total. The van der Waals surface area contributed by atoms with Gasteiger partial charge in [0.2, 0.25) is 24.1 Å². The number of phenols is 4. The van der Waals surface area contributed by atoms with Gasteiger partial charge in [0.1, 0.15) is 71.8 Å². The molecule has 0 spiro atoms. The first kappa shape index (κ1) is 49.1. The smallest absolute Gasteiger partial charge is 0.402 e. The Balaban J connectivity index is 1.24. The number of esters is 1. The Bertz CT molecular complexity index is 2390. The van der Waals surface area contributed by atoms with Gasteiger partial charge in [-0.3, -0.25) is 0 Å². The van der Waals surface area contributed by atoms with Crippen molar-refractivity contribution in [2.45, 2.75) is 86.0 Å². The maximum Gasteiger partial charge on any atom is 0.402 e. The van der Waals surface area contributed by atoms with E-state index < -0.39 is 129 Å². The number of aromatic hydroxyl groups is 4. The number of carbonyl (C=O) groups excluding carboxylic acids is 1. The summed E-state index contributed by atoms with van der Waals surface area (Å²) in [6.45, 7) is -2.28. The summed E-state index contributed by atoms with van der Waals surface area (Å²) in [7, 11) is 2.59. The quantitative estimate of drug-likeness (QED) is 0.0290. The fourth-order valence-electron chi connectivity index (χ4n) is 7.44. The van der Waals surface area contributed by atoms with Crippen LogP contribution < -0.4 is 18.9 Å². The molecule has 0 bridgehead atoms. The van der Waals surface area contributed by atoms with Crippen LogP contribution in [0.5, 0.6) is 46.0 Å². The number of benzene rings is 3. The third kappa shape index (κ3) is 10.2. The minimum Gasteiger partial charge on any atom is -0.507 e. The zero-order valence-electron chi connectivity index (χ0n) is 35.3. The molecule has 4 aromatic rings. The number of aliphatic hydroxyl groups is 9. The van der Waals surface area contributed by atoms with Crippen LogP contribution in [0.25, 0.3) is 28.4 Å². The highest BCUT2D eigenvalue weighted by molar-refractivity contribution is 5.89. The number of fused-ring (bicyclic) bond motifs is 1. The fourth-order valence-corrected chi connectivity index (χ4v) is 7.44. The molecule has 14 atom stereocenters. The summed E-state index contributed by atoms with van der Waals surface area (Å²) in [6.07, 6.45) is -22.9. The highest BCUT2D eigenvalue weighted by Crippen LogP contribution is 2.44. The molecule has 0 saturated carbocycles. The SMILES string of the molecule is COc1cc(/C=C/C(=O)O[C@@H]2C(O)[C@H](O)CO[C@H]2OC2[C@H](Oc3cc4c(O[C@@H]5OC(CO)[C@@H](O)[C@H](O)C5O)cc(O)cc4[o+]c3-c3ccc(O)c(O)c3)OC(CO)[C@@H](O)[C@@H]2O)cc(OC)c1O. The van der Waals surface area contributed by atoms with Crippen LogP contribution >= 0.6 is 0 Å². The van der Waals surface area contributed by atoms with Gasteiger partial charge in [0.25, 0.3) is 0 Å². The van der Waals surface area contributed by atoms with Gasteiger partial charge in [0, 0.05) is 24.3 Å². The zero-order chi connectivity index (χ0) is 48.4.